The Bertz CT molecular complexity index is 349. The summed E-state index contributed by atoms with van der Waals surface area (Å²) < 4.78 is 5.40. The number of rotatable bonds is 4. The molecule has 0 aromatic rings. The summed E-state index contributed by atoms with van der Waals surface area (Å²) >= 11 is 0. The maximum Gasteiger partial charge on any atom is 0.311 e. The van der Waals surface area contributed by atoms with Crippen LogP contribution in [-0.2, 0) is 14.3 Å². The van der Waals surface area contributed by atoms with Crippen LogP contribution < -0.4 is 5.32 Å². The molecule has 1 aliphatic heterocycles. The van der Waals surface area contributed by atoms with Crippen LogP contribution >= 0.6 is 0 Å². The smallest absolute Gasteiger partial charge is 0.311 e. The Morgan fingerprint density at radius 1 is 1.32 bits per heavy atom. The SMILES string of the molecule is CC1CCOC1C(=O)NCC1(C(=O)O)CCCCC1. The van der Waals surface area contributed by atoms with Crippen molar-refractivity contribution in [3.8, 4) is 0 Å². The van der Waals surface area contributed by atoms with E-state index >= 15 is 0 Å². The normalized spacial score (nSPS) is 29.9. The average molecular weight is 269 g/mol. The molecule has 1 amide bonds. The highest BCUT2D eigenvalue weighted by molar-refractivity contribution is 5.82. The van der Waals surface area contributed by atoms with Crippen molar-refractivity contribution in [2.45, 2.75) is 51.6 Å². The topological polar surface area (TPSA) is 75.6 Å². The van der Waals surface area contributed by atoms with Gasteiger partial charge in [0.05, 0.1) is 5.41 Å². The van der Waals surface area contributed by atoms with Crippen molar-refractivity contribution in [3.05, 3.63) is 0 Å². The Morgan fingerprint density at radius 2 is 2.00 bits per heavy atom. The molecule has 5 nitrogen and oxygen atoms in total. The van der Waals surface area contributed by atoms with Gasteiger partial charge < -0.3 is 15.2 Å². The zero-order chi connectivity index (χ0) is 13.9. The number of amides is 1. The lowest BCUT2D eigenvalue weighted by atomic mass is 9.74. The van der Waals surface area contributed by atoms with E-state index in [2.05, 4.69) is 5.32 Å². The minimum Gasteiger partial charge on any atom is -0.481 e. The molecule has 0 bridgehead atoms. The van der Waals surface area contributed by atoms with E-state index in [4.69, 9.17) is 4.74 Å². The molecule has 0 aromatic carbocycles. The van der Waals surface area contributed by atoms with Crippen LogP contribution in [-0.4, -0.2) is 36.2 Å². The molecule has 1 saturated heterocycles. The monoisotopic (exact) mass is 269 g/mol. The Kier molecular flexibility index (Phi) is 4.45. The highest BCUT2D eigenvalue weighted by Gasteiger charge is 2.41. The van der Waals surface area contributed by atoms with Crippen LogP contribution in [0.5, 0.6) is 0 Å². The highest BCUT2D eigenvalue weighted by Crippen LogP contribution is 2.36. The predicted molar refractivity (Wildman–Crippen MR) is 69.7 cm³/mol. The lowest BCUT2D eigenvalue weighted by molar-refractivity contribution is -0.151. The number of nitrogens with one attached hydrogen (secondary N) is 1. The Labute approximate surface area is 113 Å². The first kappa shape index (κ1) is 14.3. The second-order valence-electron chi connectivity index (χ2n) is 5.92. The summed E-state index contributed by atoms with van der Waals surface area (Å²) in [6, 6.07) is 0. The van der Waals surface area contributed by atoms with E-state index in [-0.39, 0.29) is 18.4 Å². The first-order valence-corrected chi connectivity index (χ1v) is 7.18. The quantitative estimate of drug-likeness (QED) is 0.812. The van der Waals surface area contributed by atoms with Crippen LogP contribution in [0.3, 0.4) is 0 Å². The molecular weight excluding hydrogens is 246 g/mol. The van der Waals surface area contributed by atoms with Crippen LogP contribution in [0.2, 0.25) is 0 Å². The number of hydrogen-bond donors (Lipinski definition) is 2. The van der Waals surface area contributed by atoms with Gasteiger partial charge in [0.1, 0.15) is 6.10 Å². The van der Waals surface area contributed by atoms with Gasteiger partial charge in [0.25, 0.3) is 0 Å². The summed E-state index contributed by atoms with van der Waals surface area (Å²) in [5.74, 6) is -0.726. The van der Waals surface area contributed by atoms with Gasteiger partial charge in [0, 0.05) is 13.2 Å². The van der Waals surface area contributed by atoms with E-state index in [1.54, 1.807) is 0 Å². The van der Waals surface area contributed by atoms with Crippen LogP contribution in [0.1, 0.15) is 45.4 Å². The Morgan fingerprint density at radius 3 is 2.53 bits per heavy atom. The van der Waals surface area contributed by atoms with Crippen molar-refractivity contribution in [1.29, 1.82) is 0 Å². The molecule has 0 aromatic heterocycles. The maximum atomic E-state index is 12.0. The molecule has 2 rings (SSSR count). The van der Waals surface area contributed by atoms with Crippen LogP contribution in [0.4, 0.5) is 0 Å². The molecule has 5 heteroatoms. The van der Waals surface area contributed by atoms with Gasteiger partial charge in [-0.25, -0.2) is 0 Å². The average Bonchev–Trinajstić information content (AvgIpc) is 2.83. The predicted octanol–water partition coefficient (Wildman–Crippen LogP) is 1.56. The second-order valence-corrected chi connectivity index (χ2v) is 5.92. The summed E-state index contributed by atoms with van der Waals surface area (Å²) in [4.78, 5) is 23.5. The van der Waals surface area contributed by atoms with Crippen molar-refractivity contribution in [2.24, 2.45) is 11.3 Å². The molecule has 108 valence electrons. The van der Waals surface area contributed by atoms with Crippen molar-refractivity contribution in [2.75, 3.05) is 13.2 Å². The molecule has 0 spiro atoms. The van der Waals surface area contributed by atoms with Gasteiger partial charge in [-0.3, -0.25) is 9.59 Å². The fourth-order valence-electron chi connectivity index (χ4n) is 3.08. The summed E-state index contributed by atoms with van der Waals surface area (Å²) in [6.07, 6.45) is 4.74. The number of ether oxygens (including phenoxy) is 1. The van der Waals surface area contributed by atoms with Gasteiger partial charge in [0.2, 0.25) is 5.91 Å². The van der Waals surface area contributed by atoms with E-state index in [1.807, 2.05) is 6.92 Å². The number of hydrogen-bond acceptors (Lipinski definition) is 3. The summed E-state index contributed by atoms with van der Waals surface area (Å²) in [7, 11) is 0. The Hall–Kier alpha value is -1.10. The molecule has 2 N–H and O–H groups in total. The fourth-order valence-corrected chi connectivity index (χ4v) is 3.08. The largest absolute Gasteiger partial charge is 0.481 e. The van der Waals surface area contributed by atoms with E-state index in [0.717, 1.165) is 25.7 Å². The molecule has 2 unspecified atom stereocenters. The van der Waals surface area contributed by atoms with Gasteiger partial charge in [-0.1, -0.05) is 26.2 Å². The van der Waals surface area contributed by atoms with Crippen LogP contribution in [0.25, 0.3) is 0 Å². The van der Waals surface area contributed by atoms with Crippen LogP contribution in [0, 0.1) is 11.3 Å². The molecule has 0 radical (unpaired) electrons. The molecular formula is C14H23NO4. The van der Waals surface area contributed by atoms with E-state index < -0.39 is 17.5 Å². The van der Waals surface area contributed by atoms with Gasteiger partial charge in [-0.05, 0) is 25.2 Å². The molecule has 2 fully saturated rings. The molecule has 1 aliphatic carbocycles. The van der Waals surface area contributed by atoms with Gasteiger partial charge in [-0.2, -0.15) is 0 Å². The van der Waals surface area contributed by atoms with E-state index in [0.29, 0.717) is 19.4 Å². The standard InChI is InChI=1S/C14H23NO4/c1-10-5-8-19-11(10)12(16)15-9-14(13(17)18)6-3-2-4-7-14/h10-11H,2-9H2,1H3,(H,15,16)(H,17,18). The molecule has 2 aliphatic rings. The number of carboxylic acid groups (broad SMARTS) is 1. The van der Waals surface area contributed by atoms with E-state index in [1.165, 1.54) is 0 Å². The summed E-state index contributed by atoms with van der Waals surface area (Å²) in [5.41, 5.74) is -0.768. The number of carbonyl (C=O) groups is 2. The molecule has 2 atom stereocenters. The maximum absolute atomic E-state index is 12.0. The van der Waals surface area contributed by atoms with Crippen molar-refractivity contribution in [1.82, 2.24) is 5.32 Å². The highest BCUT2D eigenvalue weighted by atomic mass is 16.5. The van der Waals surface area contributed by atoms with Crippen molar-refractivity contribution >= 4 is 11.9 Å². The third kappa shape index (κ3) is 3.08. The first-order chi connectivity index (χ1) is 9.05. The number of carboxylic acids is 1. The summed E-state index contributed by atoms with van der Waals surface area (Å²) in [6.45, 7) is 2.84. The lowest BCUT2D eigenvalue weighted by Gasteiger charge is -2.33. The minimum atomic E-state index is -0.784. The van der Waals surface area contributed by atoms with Gasteiger partial charge in [-0.15, -0.1) is 0 Å². The van der Waals surface area contributed by atoms with Crippen molar-refractivity contribution in [3.63, 3.8) is 0 Å². The van der Waals surface area contributed by atoms with Gasteiger partial charge in [0.15, 0.2) is 0 Å². The molecule has 19 heavy (non-hydrogen) atoms. The third-order valence-corrected chi connectivity index (χ3v) is 4.51. The zero-order valence-electron chi connectivity index (χ0n) is 11.5. The Balaban J connectivity index is 1.91. The minimum absolute atomic E-state index is 0.156. The molecule has 1 saturated carbocycles. The number of aliphatic carboxylic acids is 1. The van der Waals surface area contributed by atoms with E-state index in [9.17, 15) is 14.7 Å². The second kappa shape index (κ2) is 5.90. The molecule has 1 heterocycles. The lowest BCUT2D eigenvalue weighted by Crippen LogP contribution is -2.47. The van der Waals surface area contributed by atoms with Crippen LogP contribution in [0.15, 0.2) is 0 Å². The fraction of sp³-hybridized carbons (Fsp3) is 0.857. The third-order valence-electron chi connectivity index (χ3n) is 4.51. The number of carbonyl (C=O) groups excluding carboxylic acids is 1. The summed E-state index contributed by atoms with van der Waals surface area (Å²) in [5, 5.41) is 12.2. The van der Waals surface area contributed by atoms with Crippen molar-refractivity contribution < 1.29 is 19.4 Å². The van der Waals surface area contributed by atoms with Gasteiger partial charge >= 0.3 is 5.97 Å². The first-order valence-electron chi connectivity index (χ1n) is 7.18. The zero-order valence-corrected chi connectivity index (χ0v) is 11.5.